The van der Waals surface area contributed by atoms with Crippen LogP contribution in [-0.2, 0) is 17.6 Å². The van der Waals surface area contributed by atoms with E-state index in [9.17, 15) is 14.0 Å². The number of anilines is 1. The van der Waals surface area contributed by atoms with Gasteiger partial charge >= 0.3 is 0 Å². The molecule has 2 aromatic rings. The highest BCUT2D eigenvalue weighted by Crippen LogP contribution is 2.45. The summed E-state index contributed by atoms with van der Waals surface area (Å²) < 4.78 is 19.0. The minimum absolute atomic E-state index is 0.0138. The maximum absolute atomic E-state index is 14.1. The quantitative estimate of drug-likeness (QED) is 0.630. The van der Waals surface area contributed by atoms with E-state index in [4.69, 9.17) is 9.94 Å². The van der Waals surface area contributed by atoms with Crippen LogP contribution in [0.5, 0.6) is 5.75 Å². The van der Waals surface area contributed by atoms with Gasteiger partial charge in [-0.15, -0.1) is 0 Å². The minimum atomic E-state index is -0.548. The monoisotopic (exact) mass is 384 g/mol. The third-order valence-corrected chi connectivity index (χ3v) is 5.93. The van der Waals surface area contributed by atoms with E-state index >= 15 is 0 Å². The molecule has 7 heteroatoms. The highest BCUT2D eigenvalue weighted by atomic mass is 19.1. The van der Waals surface area contributed by atoms with Gasteiger partial charge in [-0.25, -0.2) is 9.87 Å². The molecule has 1 aliphatic heterocycles. The molecule has 1 atom stereocenters. The molecule has 2 aliphatic rings. The fourth-order valence-electron chi connectivity index (χ4n) is 4.35. The Balaban J connectivity index is 1.58. The van der Waals surface area contributed by atoms with Gasteiger partial charge in [-0.2, -0.15) is 0 Å². The Morgan fingerprint density at radius 3 is 2.75 bits per heavy atom. The molecule has 0 aromatic heterocycles. The highest BCUT2D eigenvalue weighted by molar-refractivity contribution is 6.00. The van der Waals surface area contributed by atoms with E-state index in [1.165, 1.54) is 19.2 Å². The molecule has 2 amide bonds. The second-order valence-electron chi connectivity index (χ2n) is 7.41. The fourth-order valence-corrected chi connectivity index (χ4v) is 4.35. The smallest absolute Gasteiger partial charge is 0.274 e. The SMILES string of the molecule is COc1ccc(N2CC[C@]3(CCc4cc(C(=O)NO)ccc4C3)C2=O)cc1F. The second kappa shape index (κ2) is 6.91. The molecule has 28 heavy (non-hydrogen) atoms. The summed E-state index contributed by atoms with van der Waals surface area (Å²) in [5.41, 5.74) is 4.14. The molecule has 4 rings (SSSR count). The largest absolute Gasteiger partial charge is 0.494 e. The Morgan fingerprint density at radius 2 is 2.04 bits per heavy atom. The molecule has 1 fully saturated rings. The van der Waals surface area contributed by atoms with E-state index < -0.39 is 17.1 Å². The summed E-state index contributed by atoms with van der Waals surface area (Å²) in [6.45, 7) is 0.547. The van der Waals surface area contributed by atoms with E-state index in [-0.39, 0.29) is 11.7 Å². The Morgan fingerprint density at radius 1 is 1.21 bits per heavy atom. The molecule has 1 aliphatic carbocycles. The Kier molecular flexibility index (Phi) is 4.55. The molecule has 2 aromatic carbocycles. The zero-order valence-electron chi connectivity index (χ0n) is 15.5. The lowest BCUT2D eigenvalue weighted by Crippen LogP contribution is -2.38. The predicted molar refractivity (Wildman–Crippen MR) is 100 cm³/mol. The third kappa shape index (κ3) is 2.92. The average Bonchev–Trinajstić information content (AvgIpc) is 3.02. The van der Waals surface area contributed by atoms with Crippen molar-refractivity contribution in [3.8, 4) is 5.75 Å². The molecule has 0 saturated carbocycles. The van der Waals surface area contributed by atoms with Crippen LogP contribution >= 0.6 is 0 Å². The molecule has 0 unspecified atom stereocenters. The lowest BCUT2D eigenvalue weighted by atomic mass is 9.70. The number of fused-ring (bicyclic) bond motifs is 1. The van der Waals surface area contributed by atoms with Crippen LogP contribution < -0.4 is 15.1 Å². The van der Waals surface area contributed by atoms with Crippen LogP contribution in [0.1, 0.15) is 34.3 Å². The summed E-state index contributed by atoms with van der Waals surface area (Å²) >= 11 is 0. The van der Waals surface area contributed by atoms with Crippen molar-refractivity contribution in [2.24, 2.45) is 5.41 Å². The van der Waals surface area contributed by atoms with Crippen molar-refractivity contribution < 1.29 is 23.9 Å². The number of hydrogen-bond donors (Lipinski definition) is 2. The predicted octanol–water partition coefficient (Wildman–Crippen LogP) is 2.87. The Bertz CT molecular complexity index is 961. The summed E-state index contributed by atoms with van der Waals surface area (Å²) in [5, 5.41) is 8.80. The van der Waals surface area contributed by atoms with Crippen LogP contribution in [0.2, 0.25) is 0 Å². The van der Waals surface area contributed by atoms with Crippen molar-refractivity contribution in [2.75, 3.05) is 18.6 Å². The van der Waals surface area contributed by atoms with Crippen LogP contribution in [0.3, 0.4) is 0 Å². The van der Waals surface area contributed by atoms with Crippen molar-refractivity contribution in [3.63, 3.8) is 0 Å². The molecular formula is C21H21FN2O4. The van der Waals surface area contributed by atoms with Gasteiger partial charge < -0.3 is 9.64 Å². The molecule has 0 bridgehead atoms. The average molecular weight is 384 g/mol. The molecule has 0 radical (unpaired) electrons. The van der Waals surface area contributed by atoms with Crippen LogP contribution in [0.25, 0.3) is 0 Å². The maximum Gasteiger partial charge on any atom is 0.274 e. The summed E-state index contributed by atoms with van der Waals surface area (Å²) in [6, 6.07) is 9.85. The summed E-state index contributed by atoms with van der Waals surface area (Å²) in [5.74, 6) is -0.871. The van der Waals surface area contributed by atoms with Crippen LogP contribution in [0.15, 0.2) is 36.4 Å². The van der Waals surface area contributed by atoms with E-state index in [0.717, 1.165) is 11.1 Å². The van der Waals surface area contributed by atoms with Crippen molar-refractivity contribution in [1.29, 1.82) is 0 Å². The second-order valence-corrected chi connectivity index (χ2v) is 7.41. The van der Waals surface area contributed by atoms with Crippen molar-refractivity contribution >= 4 is 17.5 Å². The first kappa shape index (κ1) is 18.4. The molecule has 1 spiro atoms. The van der Waals surface area contributed by atoms with Gasteiger partial charge in [0, 0.05) is 23.9 Å². The number of rotatable bonds is 3. The number of halogens is 1. The van der Waals surface area contributed by atoms with Gasteiger partial charge in [0.1, 0.15) is 0 Å². The molecule has 1 heterocycles. The number of nitrogens with zero attached hydrogens (tertiary/aromatic N) is 1. The van der Waals surface area contributed by atoms with Gasteiger partial charge in [0.05, 0.1) is 12.5 Å². The van der Waals surface area contributed by atoms with Gasteiger partial charge in [-0.05, 0) is 61.1 Å². The number of ether oxygens (including phenoxy) is 1. The summed E-state index contributed by atoms with van der Waals surface area (Å²) in [7, 11) is 1.41. The fraction of sp³-hybridized carbons (Fsp3) is 0.333. The number of carbonyl (C=O) groups excluding carboxylic acids is 2. The lowest BCUT2D eigenvalue weighted by Gasteiger charge is -2.33. The number of nitrogens with one attached hydrogen (secondary N) is 1. The zero-order chi connectivity index (χ0) is 19.9. The molecule has 1 saturated heterocycles. The molecule has 146 valence electrons. The zero-order valence-corrected chi connectivity index (χ0v) is 15.5. The molecule has 6 nitrogen and oxygen atoms in total. The summed E-state index contributed by atoms with van der Waals surface area (Å²) in [4.78, 5) is 26.5. The number of benzene rings is 2. The van der Waals surface area contributed by atoms with Crippen LogP contribution in [0.4, 0.5) is 10.1 Å². The van der Waals surface area contributed by atoms with Crippen LogP contribution in [-0.4, -0.2) is 30.7 Å². The molecule has 2 N–H and O–H groups in total. The minimum Gasteiger partial charge on any atom is -0.494 e. The van der Waals surface area contributed by atoms with E-state index in [1.54, 1.807) is 28.6 Å². The van der Waals surface area contributed by atoms with Crippen LogP contribution in [0, 0.1) is 11.2 Å². The molecular weight excluding hydrogens is 363 g/mol. The van der Waals surface area contributed by atoms with Gasteiger partial charge in [0.25, 0.3) is 5.91 Å². The number of aryl methyl sites for hydroxylation is 1. The lowest BCUT2D eigenvalue weighted by molar-refractivity contribution is -0.126. The number of carbonyl (C=O) groups is 2. The number of hydrogen-bond acceptors (Lipinski definition) is 4. The third-order valence-electron chi connectivity index (χ3n) is 5.93. The van der Waals surface area contributed by atoms with Gasteiger partial charge in [0.2, 0.25) is 5.91 Å². The van der Waals surface area contributed by atoms with Crippen molar-refractivity contribution in [1.82, 2.24) is 5.48 Å². The number of hydroxylamine groups is 1. The topological polar surface area (TPSA) is 78.9 Å². The van der Waals surface area contributed by atoms with E-state index in [2.05, 4.69) is 0 Å². The normalized spacial score (nSPS) is 21.0. The Labute approximate surface area is 161 Å². The summed E-state index contributed by atoms with van der Waals surface area (Å²) in [6.07, 6.45) is 2.66. The first-order chi connectivity index (χ1) is 13.5. The highest BCUT2D eigenvalue weighted by Gasteiger charge is 2.48. The number of amides is 2. The van der Waals surface area contributed by atoms with Crippen molar-refractivity contribution in [3.05, 3.63) is 58.9 Å². The first-order valence-corrected chi connectivity index (χ1v) is 9.19. The van der Waals surface area contributed by atoms with Gasteiger partial charge in [0.15, 0.2) is 11.6 Å². The van der Waals surface area contributed by atoms with Gasteiger partial charge in [-0.3, -0.25) is 14.8 Å². The Hall–Kier alpha value is -2.93. The van der Waals surface area contributed by atoms with Crippen molar-refractivity contribution in [2.45, 2.75) is 25.7 Å². The van der Waals surface area contributed by atoms with E-state index in [1.807, 2.05) is 6.07 Å². The van der Waals surface area contributed by atoms with Gasteiger partial charge in [-0.1, -0.05) is 6.07 Å². The maximum atomic E-state index is 14.1. The number of methoxy groups -OCH3 is 1. The standard InChI is InChI=1S/C21H21FN2O4/c1-28-18-5-4-16(11-17(18)22)24-9-8-21(20(24)26)7-6-13-10-14(19(25)23-27)2-3-15(13)12-21/h2-5,10-11,27H,6-9,12H2,1H3,(H,23,25)/t21-/m0/s1. The van der Waals surface area contributed by atoms with E-state index in [0.29, 0.717) is 43.5 Å². The first-order valence-electron chi connectivity index (χ1n) is 9.19.